The molecule has 0 amide bonds. The van der Waals surface area contributed by atoms with Crippen molar-refractivity contribution >= 4 is 11.9 Å². The van der Waals surface area contributed by atoms with Gasteiger partial charge in [0.1, 0.15) is 5.76 Å². The standard InChI is InChI=1S/C34H49NO5/c1-9-39-27(36)25-20-18-31(6)23(30(4,5)26(20)40-35-25)12-13-33(8)24(31)11-10-21-22-19-29(2,3)14-16-34(22,28(37)38)17-15-32(21,33)7/h10,22-24H,9,11-19H2,1-8H3,(H,37,38)/t22?,23?,24?,31-,32+,33+,34-/m0/s1. The Labute approximate surface area is 239 Å². The van der Waals surface area contributed by atoms with Crippen LogP contribution in [0.5, 0.6) is 0 Å². The lowest BCUT2D eigenvalue weighted by molar-refractivity contribution is -0.177. The number of ether oxygens (including phenoxy) is 1. The lowest BCUT2D eigenvalue weighted by Gasteiger charge is -2.70. The number of nitrogens with zero attached hydrogens (tertiary/aromatic N) is 1. The minimum Gasteiger partial charge on any atom is -0.481 e. The lowest BCUT2D eigenvalue weighted by atomic mass is 9.33. The minimum atomic E-state index is -0.621. The van der Waals surface area contributed by atoms with Gasteiger partial charge in [-0.15, -0.1) is 0 Å². The molecule has 3 unspecified atom stereocenters. The van der Waals surface area contributed by atoms with E-state index in [0.717, 1.165) is 69.1 Å². The monoisotopic (exact) mass is 551 g/mol. The molecule has 0 saturated heterocycles. The van der Waals surface area contributed by atoms with Gasteiger partial charge in [0, 0.05) is 11.0 Å². The molecule has 6 nitrogen and oxygen atoms in total. The molecule has 5 aliphatic rings. The van der Waals surface area contributed by atoms with Crippen LogP contribution in [-0.2, 0) is 21.4 Å². The highest BCUT2D eigenvalue weighted by Gasteiger charge is 2.69. The molecule has 3 fully saturated rings. The number of rotatable bonds is 3. The lowest BCUT2D eigenvalue weighted by Crippen LogP contribution is -2.64. The number of hydrogen-bond acceptors (Lipinski definition) is 5. The van der Waals surface area contributed by atoms with Crippen LogP contribution in [0.25, 0.3) is 0 Å². The molecular formula is C34H49NO5. The van der Waals surface area contributed by atoms with Gasteiger partial charge < -0.3 is 14.4 Å². The molecule has 0 bridgehead atoms. The molecule has 1 aromatic rings. The number of allylic oxidation sites excluding steroid dienone is 2. The molecule has 6 rings (SSSR count). The third-order valence-corrected chi connectivity index (χ3v) is 13.6. The van der Waals surface area contributed by atoms with Crippen LogP contribution >= 0.6 is 0 Å². The van der Waals surface area contributed by atoms with Gasteiger partial charge in [0.25, 0.3) is 0 Å². The molecule has 5 aliphatic carbocycles. The zero-order valence-electron chi connectivity index (χ0n) is 25.9. The summed E-state index contributed by atoms with van der Waals surface area (Å²) in [6.45, 7) is 18.8. The first-order chi connectivity index (χ1) is 18.6. The van der Waals surface area contributed by atoms with Gasteiger partial charge in [-0.05, 0) is 104 Å². The molecule has 220 valence electrons. The first-order valence-corrected chi connectivity index (χ1v) is 15.7. The SMILES string of the molecule is CCOC(=O)c1noc2c1C[C@@]1(C)C(CC[C@]3(C)C1CC=C1C4CC(C)(C)CC[C@]4(C(=O)O)CC[C@]13C)C2(C)C. The Morgan fingerprint density at radius 1 is 1.02 bits per heavy atom. The van der Waals surface area contributed by atoms with E-state index >= 15 is 0 Å². The summed E-state index contributed by atoms with van der Waals surface area (Å²) in [6.07, 6.45) is 10.9. The van der Waals surface area contributed by atoms with E-state index in [1.165, 1.54) is 5.57 Å². The zero-order chi connectivity index (χ0) is 29.1. The molecule has 0 aliphatic heterocycles. The van der Waals surface area contributed by atoms with E-state index in [1.807, 2.05) is 6.92 Å². The van der Waals surface area contributed by atoms with Crippen molar-refractivity contribution in [2.24, 2.45) is 44.8 Å². The van der Waals surface area contributed by atoms with Gasteiger partial charge in [-0.3, -0.25) is 4.79 Å². The molecule has 3 saturated carbocycles. The second-order valence-electron chi connectivity index (χ2n) is 16.1. The number of esters is 1. The average Bonchev–Trinajstić information content (AvgIpc) is 3.28. The van der Waals surface area contributed by atoms with Gasteiger partial charge in [0.05, 0.1) is 12.0 Å². The Kier molecular flexibility index (Phi) is 5.94. The van der Waals surface area contributed by atoms with Crippen LogP contribution in [-0.4, -0.2) is 28.8 Å². The highest BCUT2D eigenvalue weighted by Crippen LogP contribution is 2.75. The fourth-order valence-electron chi connectivity index (χ4n) is 11.3. The van der Waals surface area contributed by atoms with E-state index in [2.05, 4.69) is 59.7 Å². The Morgan fingerprint density at radius 2 is 1.73 bits per heavy atom. The summed E-state index contributed by atoms with van der Waals surface area (Å²) >= 11 is 0. The fourth-order valence-corrected chi connectivity index (χ4v) is 11.3. The van der Waals surface area contributed by atoms with Crippen LogP contribution in [0.1, 0.15) is 129 Å². The smallest absolute Gasteiger partial charge is 0.360 e. The zero-order valence-corrected chi connectivity index (χ0v) is 25.9. The molecule has 1 aromatic heterocycles. The first-order valence-electron chi connectivity index (χ1n) is 15.7. The average molecular weight is 552 g/mol. The number of aromatic nitrogens is 1. The van der Waals surface area contributed by atoms with Crippen molar-refractivity contribution in [3.8, 4) is 0 Å². The summed E-state index contributed by atoms with van der Waals surface area (Å²) in [5.74, 6) is 0.812. The fraction of sp³-hybridized carbons (Fsp3) is 0.794. The molecule has 1 heterocycles. The number of carboxylic acid groups (broad SMARTS) is 1. The van der Waals surface area contributed by atoms with E-state index in [0.29, 0.717) is 24.1 Å². The quantitative estimate of drug-likeness (QED) is 0.305. The molecule has 1 N–H and O–H groups in total. The molecule has 7 atom stereocenters. The van der Waals surface area contributed by atoms with Gasteiger partial charge in [-0.1, -0.05) is 65.3 Å². The first kappa shape index (κ1) is 28.0. The predicted molar refractivity (Wildman–Crippen MR) is 153 cm³/mol. The van der Waals surface area contributed by atoms with Crippen molar-refractivity contribution in [1.29, 1.82) is 0 Å². The Balaban J connectivity index is 1.46. The molecular weight excluding hydrogens is 502 g/mol. The predicted octanol–water partition coefficient (Wildman–Crippen LogP) is 7.75. The van der Waals surface area contributed by atoms with Crippen LogP contribution < -0.4 is 0 Å². The second kappa shape index (κ2) is 8.47. The highest BCUT2D eigenvalue weighted by molar-refractivity contribution is 5.89. The van der Waals surface area contributed by atoms with Crippen molar-refractivity contribution in [2.45, 2.75) is 119 Å². The number of fused-ring (bicyclic) bond motifs is 8. The third-order valence-electron chi connectivity index (χ3n) is 13.6. The van der Waals surface area contributed by atoms with Gasteiger partial charge in [0.2, 0.25) is 0 Å². The molecule has 0 spiro atoms. The summed E-state index contributed by atoms with van der Waals surface area (Å²) in [4.78, 5) is 25.8. The van der Waals surface area contributed by atoms with Crippen molar-refractivity contribution < 1.29 is 24.0 Å². The molecule has 40 heavy (non-hydrogen) atoms. The van der Waals surface area contributed by atoms with Crippen LogP contribution in [0.2, 0.25) is 0 Å². The topological polar surface area (TPSA) is 89.6 Å². The summed E-state index contributed by atoms with van der Waals surface area (Å²) in [7, 11) is 0. The number of hydrogen-bond donors (Lipinski definition) is 1. The Morgan fingerprint density at radius 3 is 2.40 bits per heavy atom. The summed E-state index contributed by atoms with van der Waals surface area (Å²) in [6, 6.07) is 0. The number of aliphatic carboxylic acids is 1. The largest absolute Gasteiger partial charge is 0.481 e. The van der Waals surface area contributed by atoms with Crippen molar-refractivity contribution in [3.63, 3.8) is 0 Å². The van der Waals surface area contributed by atoms with Crippen molar-refractivity contribution in [2.75, 3.05) is 6.61 Å². The van der Waals surface area contributed by atoms with Crippen LogP contribution in [0.15, 0.2) is 16.2 Å². The van der Waals surface area contributed by atoms with Crippen molar-refractivity contribution in [3.05, 3.63) is 28.7 Å². The Bertz CT molecular complexity index is 1290. The molecule has 0 aromatic carbocycles. The maximum atomic E-state index is 12.9. The van der Waals surface area contributed by atoms with Gasteiger partial charge in [0.15, 0.2) is 5.69 Å². The second-order valence-corrected chi connectivity index (χ2v) is 16.1. The summed E-state index contributed by atoms with van der Waals surface area (Å²) in [5.41, 5.74) is 1.99. The van der Waals surface area contributed by atoms with E-state index < -0.39 is 11.4 Å². The van der Waals surface area contributed by atoms with E-state index in [4.69, 9.17) is 9.26 Å². The number of carboxylic acids is 1. The summed E-state index contributed by atoms with van der Waals surface area (Å²) < 4.78 is 11.3. The van der Waals surface area contributed by atoms with E-state index in [9.17, 15) is 14.7 Å². The normalized spacial score (nSPS) is 42.7. The number of carbonyl (C=O) groups is 2. The van der Waals surface area contributed by atoms with Gasteiger partial charge >= 0.3 is 11.9 Å². The van der Waals surface area contributed by atoms with Crippen LogP contribution in [0, 0.1) is 44.8 Å². The number of carbonyl (C=O) groups excluding carboxylic acids is 1. The molecule has 6 heteroatoms. The molecule has 0 radical (unpaired) electrons. The Hall–Kier alpha value is -2.11. The van der Waals surface area contributed by atoms with Gasteiger partial charge in [-0.2, -0.15) is 0 Å². The van der Waals surface area contributed by atoms with Crippen LogP contribution in [0.4, 0.5) is 0 Å². The minimum absolute atomic E-state index is 0.0377. The maximum Gasteiger partial charge on any atom is 0.360 e. The van der Waals surface area contributed by atoms with Gasteiger partial charge in [-0.25, -0.2) is 4.79 Å². The van der Waals surface area contributed by atoms with Crippen molar-refractivity contribution in [1.82, 2.24) is 5.16 Å². The summed E-state index contributed by atoms with van der Waals surface area (Å²) in [5, 5.41) is 14.9. The highest BCUT2D eigenvalue weighted by atomic mass is 16.5. The van der Waals surface area contributed by atoms with E-state index in [1.54, 1.807) is 0 Å². The maximum absolute atomic E-state index is 12.9. The van der Waals surface area contributed by atoms with E-state index in [-0.39, 0.29) is 39.0 Å². The van der Waals surface area contributed by atoms with Crippen LogP contribution in [0.3, 0.4) is 0 Å². The third kappa shape index (κ3) is 3.37.